The largest absolute Gasteiger partial charge is 0.326 e. The lowest BCUT2D eigenvalue weighted by atomic mass is 9.98. The summed E-state index contributed by atoms with van der Waals surface area (Å²) >= 11 is 9.44. The molecule has 0 saturated heterocycles. The first-order valence-corrected chi connectivity index (χ1v) is 8.03. The molecule has 2 atom stereocenters. The van der Waals surface area contributed by atoms with E-state index >= 15 is 0 Å². The van der Waals surface area contributed by atoms with Crippen LogP contribution < -0.4 is 0 Å². The maximum atomic E-state index is 13.8. The summed E-state index contributed by atoms with van der Waals surface area (Å²) in [6.07, 6.45) is 0. The summed E-state index contributed by atoms with van der Waals surface area (Å²) < 4.78 is 16.3. The molecule has 110 valence electrons. The van der Waals surface area contributed by atoms with Crippen molar-refractivity contribution in [1.82, 2.24) is 9.55 Å². The molecule has 2 nitrogen and oxygen atoms in total. The number of benzene rings is 1. The zero-order valence-electron chi connectivity index (χ0n) is 12.1. The highest BCUT2D eigenvalue weighted by Crippen LogP contribution is 2.29. The van der Waals surface area contributed by atoms with Gasteiger partial charge in [0.1, 0.15) is 11.6 Å². The molecular formula is C15H19BrClFN2. The number of hydrogen-bond donors (Lipinski definition) is 0. The average Bonchev–Trinajstić information content (AvgIpc) is 2.68. The van der Waals surface area contributed by atoms with Crippen LogP contribution in [0.15, 0.2) is 16.6 Å². The first-order chi connectivity index (χ1) is 9.31. The Morgan fingerprint density at radius 1 is 1.30 bits per heavy atom. The molecule has 0 amide bonds. The third-order valence-electron chi connectivity index (χ3n) is 3.78. The van der Waals surface area contributed by atoms with Gasteiger partial charge in [-0.05, 0) is 40.8 Å². The second kappa shape index (κ2) is 6.02. The van der Waals surface area contributed by atoms with Crippen LogP contribution in [0, 0.1) is 17.7 Å². The molecule has 1 aromatic heterocycles. The summed E-state index contributed by atoms with van der Waals surface area (Å²) in [4.78, 5) is 4.56. The summed E-state index contributed by atoms with van der Waals surface area (Å²) in [5.41, 5.74) is 1.58. The zero-order valence-corrected chi connectivity index (χ0v) is 14.5. The molecular weight excluding hydrogens is 343 g/mol. The van der Waals surface area contributed by atoms with Crippen LogP contribution in [0.4, 0.5) is 4.39 Å². The van der Waals surface area contributed by atoms with Gasteiger partial charge >= 0.3 is 0 Å². The van der Waals surface area contributed by atoms with E-state index < -0.39 is 0 Å². The summed E-state index contributed by atoms with van der Waals surface area (Å²) in [6.45, 7) is 9.25. The van der Waals surface area contributed by atoms with Gasteiger partial charge in [-0.25, -0.2) is 9.37 Å². The van der Waals surface area contributed by atoms with E-state index in [1.165, 1.54) is 6.07 Å². The summed E-state index contributed by atoms with van der Waals surface area (Å²) in [5, 5.41) is -0.205. The molecule has 0 radical (unpaired) electrons. The van der Waals surface area contributed by atoms with Crippen molar-refractivity contribution in [2.75, 3.05) is 0 Å². The van der Waals surface area contributed by atoms with Crippen molar-refractivity contribution in [2.24, 2.45) is 11.8 Å². The minimum Gasteiger partial charge on any atom is -0.326 e. The highest BCUT2D eigenvalue weighted by atomic mass is 79.9. The molecule has 0 aliphatic carbocycles. The zero-order chi connectivity index (χ0) is 15.0. The Morgan fingerprint density at radius 3 is 2.50 bits per heavy atom. The molecule has 2 aromatic rings. The second-order valence-corrected chi connectivity index (χ2v) is 7.18. The van der Waals surface area contributed by atoms with Crippen LogP contribution in [-0.2, 0) is 6.54 Å². The molecule has 0 fully saturated rings. The van der Waals surface area contributed by atoms with Gasteiger partial charge in [0.05, 0.1) is 20.9 Å². The number of hydrogen-bond acceptors (Lipinski definition) is 1. The van der Waals surface area contributed by atoms with Crippen LogP contribution in [-0.4, -0.2) is 9.55 Å². The number of halogens is 3. The van der Waals surface area contributed by atoms with Gasteiger partial charge < -0.3 is 4.57 Å². The first kappa shape index (κ1) is 15.8. The molecule has 0 saturated carbocycles. The number of imidazole rings is 1. The smallest absolute Gasteiger partial charge is 0.139 e. The highest BCUT2D eigenvalue weighted by molar-refractivity contribution is 9.10. The van der Waals surface area contributed by atoms with Gasteiger partial charge in [0.25, 0.3) is 0 Å². The maximum Gasteiger partial charge on any atom is 0.139 e. The maximum absolute atomic E-state index is 13.8. The summed E-state index contributed by atoms with van der Waals surface area (Å²) in [6, 6.07) is 3.24. The van der Waals surface area contributed by atoms with Crippen molar-refractivity contribution >= 4 is 38.6 Å². The normalized spacial score (nSPS) is 15.0. The van der Waals surface area contributed by atoms with Gasteiger partial charge in [0.15, 0.2) is 0 Å². The number of nitrogens with zero attached hydrogens (tertiary/aromatic N) is 2. The van der Waals surface area contributed by atoms with Gasteiger partial charge in [-0.15, -0.1) is 11.6 Å². The predicted molar refractivity (Wildman–Crippen MR) is 85.7 cm³/mol. The Balaban J connectivity index is 2.59. The van der Waals surface area contributed by atoms with Crippen LogP contribution in [0.25, 0.3) is 11.0 Å². The van der Waals surface area contributed by atoms with E-state index in [4.69, 9.17) is 11.6 Å². The Kier molecular flexibility index (Phi) is 4.75. The molecule has 2 rings (SSSR count). The minimum absolute atomic E-state index is 0.205. The Morgan fingerprint density at radius 2 is 1.95 bits per heavy atom. The molecule has 1 heterocycles. The number of aromatic nitrogens is 2. The van der Waals surface area contributed by atoms with Gasteiger partial charge in [0.2, 0.25) is 0 Å². The second-order valence-electron chi connectivity index (χ2n) is 5.67. The van der Waals surface area contributed by atoms with Gasteiger partial charge in [-0.2, -0.15) is 0 Å². The monoisotopic (exact) mass is 360 g/mol. The fraction of sp³-hybridized carbons (Fsp3) is 0.533. The number of fused-ring (bicyclic) bond motifs is 1. The van der Waals surface area contributed by atoms with Crippen LogP contribution in [0.2, 0.25) is 0 Å². The lowest BCUT2D eigenvalue weighted by Crippen LogP contribution is -2.15. The minimum atomic E-state index is -0.273. The average molecular weight is 362 g/mol. The lowest BCUT2D eigenvalue weighted by molar-refractivity contribution is 0.364. The van der Waals surface area contributed by atoms with E-state index in [9.17, 15) is 4.39 Å². The SMILES string of the molecule is CC(Cl)c1nc2cc(Br)c(F)cc2n1CC(C)C(C)C. The molecule has 20 heavy (non-hydrogen) atoms. The molecule has 0 spiro atoms. The van der Waals surface area contributed by atoms with Gasteiger partial charge in [-0.3, -0.25) is 0 Å². The van der Waals surface area contributed by atoms with Crippen LogP contribution in [0.3, 0.4) is 0 Å². The summed E-state index contributed by atoms with van der Waals surface area (Å²) in [5.74, 6) is 1.54. The molecule has 0 N–H and O–H groups in total. The van der Waals surface area contributed by atoms with Crippen LogP contribution in [0.5, 0.6) is 0 Å². The fourth-order valence-corrected chi connectivity index (χ4v) is 2.63. The third kappa shape index (κ3) is 3.01. The molecule has 0 aliphatic heterocycles. The highest BCUT2D eigenvalue weighted by Gasteiger charge is 2.19. The van der Waals surface area contributed by atoms with E-state index in [0.29, 0.717) is 16.3 Å². The van der Waals surface area contributed by atoms with Crippen LogP contribution in [0.1, 0.15) is 38.9 Å². The number of rotatable bonds is 4. The van der Waals surface area contributed by atoms with Crippen molar-refractivity contribution < 1.29 is 4.39 Å². The van der Waals surface area contributed by atoms with Crippen LogP contribution >= 0.6 is 27.5 Å². The van der Waals surface area contributed by atoms with Crippen molar-refractivity contribution in [3.05, 3.63) is 28.2 Å². The van der Waals surface area contributed by atoms with E-state index in [-0.39, 0.29) is 11.2 Å². The van der Waals surface area contributed by atoms with Gasteiger partial charge in [-0.1, -0.05) is 20.8 Å². The van der Waals surface area contributed by atoms with Crippen molar-refractivity contribution in [3.63, 3.8) is 0 Å². The Hall–Kier alpha value is -0.610. The Labute approximate surface area is 132 Å². The van der Waals surface area contributed by atoms with E-state index in [0.717, 1.165) is 23.4 Å². The first-order valence-electron chi connectivity index (χ1n) is 6.80. The van der Waals surface area contributed by atoms with E-state index in [1.54, 1.807) is 6.07 Å². The molecule has 1 aromatic carbocycles. The standard InChI is InChI=1S/C15H19BrClFN2/c1-8(2)9(3)7-20-14-6-12(18)11(16)5-13(14)19-15(20)10(4)17/h5-6,8-10H,7H2,1-4H3. The lowest BCUT2D eigenvalue weighted by Gasteiger charge is -2.19. The summed E-state index contributed by atoms with van der Waals surface area (Å²) in [7, 11) is 0. The molecule has 5 heteroatoms. The van der Waals surface area contributed by atoms with E-state index in [1.807, 2.05) is 11.5 Å². The van der Waals surface area contributed by atoms with Crippen molar-refractivity contribution in [1.29, 1.82) is 0 Å². The van der Waals surface area contributed by atoms with Gasteiger partial charge in [0, 0.05) is 12.6 Å². The third-order valence-corrected chi connectivity index (χ3v) is 4.59. The number of alkyl halides is 1. The van der Waals surface area contributed by atoms with Crippen molar-refractivity contribution in [3.8, 4) is 0 Å². The topological polar surface area (TPSA) is 17.8 Å². The Bertz CT molecular complexity index is 622. The molecule has 0 bridgehead atoms. The fourth-order valence-electron chi connectivity index (χ4n) is 2.13. The quantitative estimate of drug-likeness (QED) is 0.655. The molecule has 2 unspecified atom stereocenters. The van der Waals surface area contributed by atoms with Crippen molar-refractivity contribution in [2.45, 2.75) is 39.6 Å². The predicted octanol–water partition coefficient (Wildman–Crippen LogP) is 5.53. The van der Waals surface area contributed by atoms with E-state index in [2.05, 4.69) is 41.7 Å². The molecule has 0 aliphatic rings.